The van der Waals surface area contributed by atoms with Crippen molar-refractivity contribution in [3.8, 4) is 5.75 Å². The molecule has 0 aliphatic rings. The Labute approximate surface area is 115 Å². The van der Waals surface area contributed by atoms with Crippen LogP contribution in [0.5, 0.6) is 5.75 Å². The van der Waals surface area contributed by atoms with Gasteiger partial charge in [0.05, 0.1) is 6.10 Å². The van der Waals surface area contributed by atoms with Crippen LogP contribution >= 0.6 is 11.3 Å². The van der Waals surface area contributed by atoms with Gasteiger partial charge in [-0.05, 0) is 44.2 Å². The summed E-state index contributed by atoms with van der Waals surface area (Å²) in [6.07, 6.45) is 0.108. The molecule has 0 unspecified atom stereocenters. The third-order valence-electron chi connectivity index (χ3n) is 2.92. The van der Waals surface area contributed by atoms with E-state index in [4.69, 9.17) is 4.74 Å². The minimum absolute atomic E-state index is 0.0820. The van der Waals surface area contributed by atoms with Crippen LogP contribution in [-0.2, 0) is 0 Å². The van der Waals surface area contributed by atoms with E-state index in [1.54, 1.807) is 11.3 Å². The van der Waals surface area contributed by atoms with Gasteiger partial charge in [-0.3, -0.25) is 4.79 Å². The van der Waals surface area contributed by atoms with E-state index >= 15 is 0 Å². The fourth-order valence-corrected chi connectivity index (χ4v) is 3.18. The van der Waals surface area contributed by atoms with Crippen LogP contribution < -0.4 is 10.2 Å². The van der Waals surface area contributed by atoms with Gasteiger partial charge in [-0.15, -0.1) is 11.3 Å². The first kappa shape index (κ1) is 12.2. The summed E-state index contributed by atoms with van der Waals surface area (Å²) in [4.78, 5) is 12.5. The second-order valence-electron chi connectivity index (χ2n) is 4.75. The lowest BCUT2D eigenvalue weighted by Crippen LogP contribution is -2.06. The van der Waals surface area contributed by atoms with Crippen LogP contribution in [0.2, 0.25) is 0 Å². The van der Waals surface area contributed by atoms with E-state index in [2.05, 4.69) is 0 Å². The molecule has 19 heavy (non-hydrogen) atoms. The minimum Gasteiger partial charge on any atom is -0.491 e. The number of hydrogen-bond donors (Lipinski definition) is 0. The summed E-state index contributed by atoms with van der Waals surface area (Å²) >= 11 is 1.64. The molecule has 2 aromatic carbocycles. The third-order valence-corrected chi connectivity index (χ3v) is 4.07. The Balaban J connectivity index is 2.30. The molecule has 3 heteroatoms. The molecule has 1 heterocycles. The summed E-state index contributed by atoms with van der Waals surface area (Å²) < 4.78 is 7.68. The summed E-state index contributed by atoms with van der Waals surface area (Å²) in [5.74, 6) is 0.752. The van der Waals surface area contributed by atoms with Crippen LogP contribution in [0.1, 0.15) is 13.8 Å². The monoisotopic (exact) mass is 270 g/mol. The second kappa shape index (κ2) is 4.67. The first-order valence-electron chi connectivity index (χ1n) is 6.27. The standard InChI is InChI=1S/C16H14O2S/c1-10(2)18-11-7-8-15-13(9-11)16(17)12-5-3-4-6-14(12)19-15/h3-10H,1-2H3. The topological polar surface area (TPSA) is 26.3 Å². The highest BCUT2D eigenvalue weighted by Gasteiger charge is 2.07. The van der Waals surface area contributed by atoms with Gasteiger partial charge in [0.1, 0.15) is 5.75 Å². The average molecular weight is 270 g/mol. The Morgan fingerprint density at radius 2 is 1.74 bits per heavy atom. The molecule has 0 bridgehead atoms. The molecular weight excluding hydrogens is 256 g/mol. The van der Waals surface area contributed by atoms with Crippen molar-refractivity contribution < 1.29 is 4.74 Å². The molecule has 96 valence electrons. The highest BCUT2D eigenvalue weighted by molar-refractivity contribution is 7.24. The normalized spacial score (nSPS) is 11.3. The summed E-state index contributed by atoms with van der Waals surface area (Å²) in [5.41, 5.74) is 0.0820. The van der Waals surface area contributed by atoms with Crippen LogP contribution in [0.15, 0.2) is 47.3 Å². The largest absolute Gasteiger partial charge is 0.491 e. The molecule has 0 atom stereocenters. The lowest BCUT2D eigenvalue weighted by Gasteiger charge is -2.10. The van der Waals surface area contributed by atoms with Gasteiger partial charge >= 0.3 is 0 Å². The lowest BCUT2D eigenvalue weighted by atomic mass is 10.2. The van der Waals surface area contributed by atoms with Crippen LogP contribution in [0.4, 0.5) is 0 Å². The lowest BCUT2D eigenvalue weighted by molar-refractivity contribution is 0.243. The number of fused-ring (bicyclic) bond motifs is 2. The zero-order valence-electron chi connectivity index (χ0n) is 10.8. The smallest absolute Gasteiger partial charge is 0.196 e. The molecule has 0 amide bonds. The van der Waals surface area contributed by atoms with Crippen molar-refractivity contribution in [3.05, 3.63) is 52.7 Å². The van der Waals surface area contributed by atoms with Crippen molar-refractivity contribution in [2.45, 2.75) is 20.0 Å². The molecule has 0 fully saturated rings. The molecule has 0 aliphatic heterocycles. The van der Waals surface area contributed by atoms with E-state index < -0.39 is 0 Å². The highest BCUT2D eigenvalue weighted by Crippen LogP contribution is 2.27. The molecule has 2 nitrogen and oxygen atoms in total. The fraction of sp³-hybridized carbons (Fsp3) is 0.188. The maximum absolute atomic E-state index is 12.5. The second-order valence-corrected chi connectivity index (χ2v) is 5.84. The minimum atomic E-state index is 0.0820. The van der Waals surface area contributed by atoms with Crippen molar-refractivity contribution in [3.63, 3.8) is 0 Å². The van der Waals surface area contributed by atoms with Crippen LogP contribution in [0, 0.1) is 0 Å². The van der Waals surface area contributed by atoms with Crippen molar-refractivity contribution >= 4 is 31.5 Å². The summed E-state index contributed by atoms with van der Waals surface area (Å²) in [7, 11) is 0. The highest BCUT2D eigenvalue weighted by atomic mass is 32.1. The Morgan fingerprint density at radius 1 is 1.00 bits per heavy atom. The van der Waals surface area contributed by atoms with E-state index in [-0.39, 0.29) is 11.5 Å². The first-order chi connectivity index (χ1) is 9.15. The Morgan fingerprint density at radius 3 is 2.53 bits per heavy atom. The van der Waals surface area contributed by atoms with Gasteiger partial charge in [0.25, 0.3) is 0 Å². The van der Waals surface area contributed by atoms with E-state index in [1.165, 1.54) is 0 Å². The number of benzene rings is 2. The van der Waals surface area contributed by atoms with Gasteiger partial charge in [0.15, 0.2) is 5.43 Å². The third kappa shape index (κ3) is 2.22. The van der Waals surface area contributed by atoms with Gasteiger partial charge in [0.2, 0.25) is 0 Å². The van der Waals surface area contributed by atoms with E-state index in [1.807, 2.05) is 56.3 Å². The van der Waals surface area contributed by atoms with Crippen molar-refractivity contribution in [2.75, 3.05) is 0 Å². The van der Waals surface area contributed by atoms with Crippen LogP contribution in [0.25, 0.3) is 20.2 Å². The maximum atomic E-state index is 12.5. The Kier molecular flexibility index (Phi) is 2.99. The maximum Gasteiger partial charge on any atom is 0.196 e. The van der Waals surface area contributed by atoms with Crippen LogP contribution in [0.3, 0.4) is 0 Å². The molecule has 0 saturated heterocycles. The number of rotatable bonds is 2. The van der Waals surface area contributed by atoms with Crippen molar-refractivity contribution in [1.82, 2.24) is 0 Å². The van der Waals surface area contributed by atoms with Gasteiger partial charge < -0.3 is 4.74 Å². The van der Waals surface area contributed by atoms with E-state index in [9.17, 15) is 4.79 Å². The predicted molar refractivity (Wildman–Crippen MR) is 81.4 cm³/mol. The molecule has 0 N–H and O–H groups in total. The van der Waals surface area contributed by atoms with Gasteiger partial charge in [-0.25, -0.2) is 0 Å². The molecule has 3 aromatic rings. The molecule has 0 aliphatic carbocycles. The SMILES string of the molecule is CC(C)Oc1ccc2sc3ccccc3c(=O)c2c1. The summed E-state index contributed by atoms with van der Waals surface area (Å²) in [6.45, 7) is 3.96. The van der Waals surface area contributed by atoms with Crippen molar-refractivity contribution in [1.29, 1.82) is 0 Å². The molecule has 0 spiro atoms. The van der Waals surface area contributed by atoms with Gasteiger partial charge in [-0.2, -0.15) is 0 Å². The van der Waals surface area contributed by atoms with E-state index in [0.29, 0.717) is 0 Å². The average Bonchev–Trinajstić information content (AvgIpc) is 2.39. The molecule has 3 rings (SSSR count). The van der Waals surface area contributed by atoms with Crippen LogP contribution in [-0.4, -0.2) is 6.10 Å². The Hall–Kier alpha value is -1.87. The Bertz CT molecular complexity index is 803. The quantitative estimate of drug-likeness (QED) is 0.652. The molecule has 0 radical (unpaired) electrons. The molecule has 0 saturated carbocycles. The fourth-order valence-electron chi connectivity index (χ4n) is 2.13. The number of ether oxygens (including phenoxy) is 1. The van der Waals surface area contributed by atoms with Crippen molar-refractivity contribution in [2.24, 2.45) is 0 Å². The van der Waals surface area contributed by atoms with Gasteiger partial charge in [0, 0.05) is 20.2 Å². The predicted octanol–water partition coefficient (Wildman–Crippen LogP) is 4.20. The van der Waals surface area contributed by atoms with E-state index in [0.717, 1.165) is 25.9 Å². The molecular formula is C16H14O2S. The number of hydrogen-bond acceptors (Lipinski definition) is 3. The first-order valence-corrected chi connectivity index (χ1v) is 7.09. The zero-order chi connectivity index (χ0) is 13.4. The zero-order valence-corrected chi connectivity index (χ0v) is 11.7. The summed E-state index contributed by atoms with van der Waals surface area (Å²) in [6, 6.07) is 13.5. The molecule has 1 aromatic heterocycles. The van der Waals surface area contributed by atoms with Gasteiger partial charge in [-0.1, -0.05) is 12.1 Å². The summed E-state index contributed by atoms with van der Waals surface area (Å²) in [5, 5.41) is 1.52.